The van der Waals surface area contributed by atoms with Crippen LogP contribution in [0, 0.1) is 31.0 Å². The van der Waals surface area contributed by atoms with E-state index in [1.807, 2.05) is 6.07 Å². The van der Waals surface area contributed by atoms with Crippen LogP contribution >= 0.6 is 0 Å². The molecule has 0 aliphatic heterocycles. The first-order chi connectivity index (χ1) is 10.7. The maximum Gasteiger partial charge on any atom is 0.416 e. The second-order valence-electron chi connectivity index (χ2n) is 5.04. The van der Waals surface area contributed by atoms with Gasteiger partial charge in [-0.05, 0) is 37.6 Å². The molecule has 0 amide bonds. The Bertz CT molecular complexity index is 776. The topological polar surface area (TPSA) is 48.7 Å². The van der Waals surface area contributed by atoms with E-state index >= 15 is 0 Å². The van der Waals surface area contributed by atoms with Crippen molar-refractivity contribution in [3.8, 4) is 6.07 Å². The van der Waals surface area contributed by atoms with Crippen molar-refractivity contribution in [1.82, 2.24) is 4.98 Å². The summed E-state index contributed by atoms with van der Waals surface area (Å²) in [6.45, 7) is 3.18. The number of alkyl halides is 3. The third-order valence-corrected chi connectivity index (χ3v) is 3.29. The molecule has 23 heavy (non-hydrogen) atoms. The summed E-state index contributed by atoms with van der Waals surface area (Å²) in [7, 11) is 0. The van der Waals surface area contributed by atoms with Crippen molar-refractivity contribution in [3.63, 3.8) is 0 Å². The zero-order valence-electron chi connectivity index (χ0n) is 12.4. The van der Waals surface area contributed by atoms with E-state index in [2.05, 4.69) is 10.3 Å². The zero-order chi connectivity index (χ0) is 17.2. The van der Waals surface area contributed by atoms with Crippen molar-refractivity contribution in [2.24, 2.45) is 0 Å². The molecule has 3 nitrogen and oxygen atoms in total. The van der Waals surface area contributed by atoms with Crippen molar-refractivity contribution < 1.29 is 17.6 Å². The van der Waals surface area contributed by atoms with Crippen LogP contribution in [0.25, 0.3) is 0 Å². The molecule has 120 valence electrons. The molecule has 0 unspecified atom stereocenters. The number of aryl methyl sites for hydroxylation is 2. The Hall–Kier alpha value is -2.62. The highest BCUT2D eigenvalue weighted by atomic mass is 19.4. The second-order valence-corrected chi connectivity index (χ2v) is 5.04. The number of nitrogens with zero attached hydrogens (tertiary/aromatic N) is 2. The summed E-state index contributed by atoms with van der Waals surface area (Å²) in [5.41, 5.74) is 0.659. The molecule has 0 spiro atoms. The van der Waals surface area contributed by atoms with E-state index in [1.54, 1.807) is 19.9 Å². The third-order valence-electron chi connectivity index (χ3n) is 3.29. The minimum Gasteiger partial charge on any atom is -0.380 e. The molecule has 2 aromatic rings. The third kappa shape index (κ3) is 3.77. The fourth-order valence-electron chi connectivity index (χ4n) is 2.27. The first-order valence-corrected chi connectivity index (χ1v) is 6.70. The van der Waals surface area contributed by atoms with Crippen molar-refractivity contribution in [1.29, 1.82) is 5.26 Å². The van der Waals surface area contributed by atoms with E-state index in [1.165, 1.54) is 0 Å². The van der Waals surface area contributed by atoms with Crippen LogP contribution in [0.15, 0.2) is 24.3 Å². The van der Waals surface area contributed by atoms with Gasteiger partial charge in [0.1, 0.15) is 11.9 Å². The van der Waals surface area contributed by atoms with Gasteiger partial charge in [-0.25, -0.2) is 4.39 Å². The number of nitrogens with one attached hydrogen (secondary N) is 1. The molecule has 0 radical (unpaired) electrons. The lowest BCUT2D eigenvalue weighted by atomic mass is 10.1. The van der Waals surface area contributed by atoms with Gasteiger partial charge in [-0.3, -0.25) is 4.98 Å². The van der Waals surface area contributed by atoms with Crippen LogP contribution in [0.1, 0.15) is 28.1 Å². The Balaban J connectivity index is 2.35. The number of anilines is 1. The normalized spacial score (nSPS) is 11.2. The largest absolute Gasteiger partial charge is 0.416 e. The van der Waals surface area contributed by atoms with E-state index in [0.29, 0.717) is 23.1 Å². The van der Waals surface area contributed by atoms with Crippen LogP contribution in [0.4, 0.5) is 23.2 Å². The number of halogens is 4. The van der Waals surface area contributed by atoms with Crippen LogP contribution in [0.2, 0.25) is 0 Å². The molecule has 0 bridgehead atoms. The number of hydrogen-bond acceptors (Lipinski definition) is 3. The average molecular weight is 323 g/mol. The first-order valence-electron chi connectivity index (χ1n) is 6.70. The lowest BCUT2D eigenvalue weighted by molar-refractivity contribution is -0.138. The van der Waals surface area contributed by atoms with Crippen LogP contribution in [0.5, 0.6) is 0 Å². The maximum atomic E-state index is 13.1. The molecular formula is C16H13F4N3. The fraction of sp³-hybridized carbons (Fsp3) is 0.250. The van der Waals surface area contributed by atoms with Crippen molar-refractivity contribution in [2.45, 2.75) is 26.6 Å². The van der Waals surface area contributed by atoms with Gasteiger partial charge in [0.2, 0.25) is 0 Å². The predicted octanol–water partition coefficient (Wildman–Crippen LogP) is 4.34. The predicted molar refractivity (Wildman–Crippen MR) is 77.2 cm³/mol. The molecule has 7 heteroatoms. The number of rotatable bonds is 3. The van der Waals surface area contributed by atoms with Gasteiger partial charge in [0.25, 0.3) is 0 Å². The Labute approximate surface area is 130 Å². The summed E-state index contributed by atoms with van der Waals surface area (Å²) in [4.78, 5) is 4.14. The van der Waals surface area contributed by atoms with Crippen LogP contribution in [0.3, 0.4) is 0 Å². The van der Waals surface area contributed by atoms with Gasteiger partial charge in [-0.1, -0.05) is 6.07 Å². The highest BCUT2D eigenvalue weighted by molar-refractivity contribution is 5.60. The van der Waals surface area contributed by atoms with Crippen LogP contribution < -0.4 is 5.32 Å². The molecule has 0 saturated heterocycles. The van der Waals surface area contributed by atoms with Gasteiger partial charge < -0.3 is 5.32 Å². The van der Waals surface area contributed by atoms with Crippen LogP contribution in [-0.4, -0.2) is 4.98 Å². The number of hydrogen-bond donors (Lipinski definition) is 1. The Kier molecular flexibility index (Phi) is 4.55. The second kappa shape index (κ2) is 6.24. The molecule has 0 saturated carbocycles. The first kappa shape index (κ1) is 16.7. The quantitative estimate of drug-likeness (QED) is 0.855. The van der Waals surface area contributed by atoms with E-state index in [9.17, 15) is 17.6 Å². The minimum atomic E-state index is -4.65. The summed E-state index contributed by atoms with van der Waals surface area (Å²) in [6.07, 6.45) is -4.65. The molecule has 0 fully saturated rings. The van der Waals surface area contributed by atoms with E-state index < -0.39 is 17.6 Å². The molecule has 1 N–H and O–H groups in total. The van der Waals surface area contributed by atoms with E-state index in [0.717, 1.165) is 12.1 Å². The Morgan fingerprint density at radius 3 is 2.52 bits per heavy atom. The summed E-state index contributed by atoms with van der Waals surface area (Å²) in [6, 6.07) is 6.08. The number of pyridine rings is 1. The summed E-state index contributed by atoms with van der Waals surface area (Å²) < 4.78 is 52.0. The number of aromatic nitrogens is 1. The van der Waals surface area contributed by atoms with Crippen LogP contribution in [-0.2, 0) is 12.7 Å². The van der Waals surface area contributed by atoms with Gasteiger partial charge in [0.15, 0.2) is 0 Å². The van der Waals surface area contributed by atoms with E-state index in [4.69, 9.17) is 5.26 Å². The van der Waals surface area contributed by atoms with E-state index in [-0.39, 0.29) is 17.7 Å². The molecule has 0 aliphatic rings. The Morgan fingerprint density at radius 1 is 1.22 bits per heavy atom. The molecular weight excluding hydrogens is 310 g/mol. The number of benzene rings is 1. The molecule has 0 aliphatic carbocycles. The Morgan fingerprint density at radius 2 is 1.91 bits per heavy atom. The number of nitriles is 1. The van der Waals surface area contributed by atoms with Gasteiger partial charge in [-0.15, -0.1) is 0 Å². The molecule has 0 atom stereocenters. The van der Waals surface area contributed by atoms with Crippen molar-refractivity contribution in [3.05, 3.63) is 58.2 Å². The maximum absolute atomic E-state index is 13.1. The standard InChI is InChI=1S/C16H13F4N3/c1-9-5-15(13(7-21)10(2)23-9)22-8-11-3-4-12(17)6-14(11)16(18,19)20/h3-6H,8H2,1-2H3,(H,22,23). The highest BCUT2D eigenvalue weighted by Crippen LogP contribution is 2.33. The van der Waals surface area contributed by atoms with Crippen molar-refractivity contribution in [2.75, 3.05) is 5.32 Å². The van der Waals surface area contributed by atoms with Gasteiger partial charge in [0.05, 0.1) is 22.5 Å². The monoisotopic (exact) mass is 323 g/mol. The lowest BCUT2D eigenvalue weighted by Gasteiger charge is -2.15. The van der Waals surface area contributed by atoms with Gasteiger partial charge >= 0.3 is 6.18 Å². The minimum absolute atomic E-state index is 0.102. The average Bonchev–Trinajstić information content (AvgIpc) is 2.44. The zero-order valence-corrected chi connectivity index (χ0v) is 12.4. The summed E-state index contributed by atoms with van der Waals surface area (Å²) >= 11 is 0. The van der Waals surface area contributed by atoms with Gasteiger partial charge in [0, 0.05) is 12.2 Å². The van der Waals surface area contributed by atoms with Crippen molar-refractivity contribution >= 4 is 5.69 Å². The molecule has 1 aromatic heterocycles. The fourth-order valence-corrected chi connectivity index (χ4v) is 2.27. The summed E-state index contributed by atoms with van der Waals surface area (Å²) in [5, 5.41) is 12.0. The molecule has 1 heterocycles. The summed E-state index contributed by atoms with van der Waals surface area (Å²) in [5.74, 6) is -0.950. The smallest absolute Gasteiger partial charge is 0.380 e. The lowest BCUT2D eigenvalue weighted by Crippen LogP contribution is -2.13. The highest BCUT2D eigenvalue weighted by Gasteiger charge is 2.33. The molecule has 1 aromatic carbocycles. The SMILES string of the molecule is Cc1cc(NCc2ccc(F)cc2C(F)(F)F)c(C#N)c(C)n1. The molecule has 2 rings (SSSR count). The van der Waals surface area contributed by atoms with Gasteiger partial charge in [-0.2, -0.15) is 18.4 Å².